The highest BCUT2D eigenvalue weighted by molar-refractivity contribution is 6.42. The zero-order valence-corrected chi connectivity index (χ0v) is 20.2. The van der Waals surface area contributed by atoms with E-state index in [1.807, 2.05) is 18.0 Å². The molecule has 1 aliphatic rings. The number of likely N-dealkylation sites (tertiary alicyclic amines) is 1. The first-order valence-electron chi connectivity index (χ1n) is 11.0. The fraction of sp³-hybridized carbons (Fsp3) is 0.458. The zero-order valence-electron chi connectivity index (χ0n) is 18.7. The van der Waals surface area contributed by atoms with E-state index in [1.165, 1.54) is 6.07 Å². The summed E-state index contributed by atoms with van der Waals surface area (Å²) in [6.45, 7) is 1.64. The summed E-state index contributed by atoms with van der Waals surface area (Å²) in [5, 5.41) is 0.821. The van der Waals surface area contributed by atoms with Gasteiger partial charge in [0.25, 0.3) is 0 Å². The van der Waals surface area contributed by atoms with E-state index in [-0.39, 0.29) is 24.4 Å². The van der Waals surface area contributed by atoms with E-state index in [1.54, 1.807) is 17.0 Å². The van der Waals surface area contributed by atoms with Crippen molar-refractivity contribution in [3.63, 3.8) is 0 Å². The van der Waals surface area contributed by atoms with E-state index in [4.69, 9.17) is 28.9 Å². The smallest absolute Gasteiger partial charge is 0.340 e. The molecule has 1 saturated heterocycles. The Hall–Kier alpha value is -1.87. The largest absolute Gasteiger partial charge is 0.419 e. The molecule has 4 nitrogen and oxygen atoms in total. The summed E-state index contributed by atoms with van der Waals surface area (Å²) in [5.41, 5.74) is 5.55. The lowest BCUT2D eigenvalue weighted by atomic mass is 9.93. The van der Waals surface area contributed by atoms with Gasteiger partial charge in [0, 0.05) is 38.0 Å². The molecule has 0 spiro atoms. The van der Waals surface area contributed by atoms with Gasteiger partial charge in [-0.15, -0.1) is 0 Å². The lowest BCUT2D eigenvalue weighted by molar-refractivity contribution is -0.140. The van der Waals surface area contributed by atoms with Crippen LogP contribution in [0.4, 0.5) is 17.6 Å². The van der Waals surface area contributed by atoms with E-state index in [0.717, 1.165) is 24.1 Å². The maximum Gasteiger partial charge on any atom is 0.419 e. The minimum absolute atomic E-state index is 0.0231. The minimum atomic E-state index is -4.75. The van der Waals surface area contributed by atoms with Gasteiger partial charge in [0.05, 0.1) is 15.6 Å². The van der Waals surface area contributed by atoms with Crippen molar-refractivity contribution >= 4 is 29.1 Å². The van der Waals surface area contributed by atoms with E-state index in [9.17, 15) is 22.4 Å². The molecule has 1 unspecified atom stereocenters. The lowest BCUT2D eigenvalue weighted by Crippen LogP contribution is -2.38. The molecule has 1 heterocycles. The second-order valence-electron chi connectivity index (χ2n) is 8.62. The summed E-state index contributed by atoms with van der Waals surface area (Å²) in [6.07, 6.45) is -2.89. The third-order valence-corrected chi connectivity index (χ3v) is 6.93. The van der Waals surface area contributed by atoms with Crippen molar-refractivity contribution in [2.24, 2.45) is 5.73 Å². The zero-order chi connectivity index (χ0) is 25.0. The molecular formula is C24H27Cl2F4N3O. The maximum absolute atomic E-state index is 14.1. The number of likely N-dealkylation sites (N-methyl/N-ethyl adjacent to an activating group) is 1. The Morgan fingerprint density at radius 3 is 2.47 bits per heavy atom. The molecule has 0 saturated carbocycles. The second-order valence-corrected chi connectivity index (χ2v) is 9.43. The summed E-state index contributed by atoms with van der Waals surface area (Å²) in [6, 6.07) is 8.14. The van der Waals surface area contributed by atoms with E-state index in [0.29, 0.717) is 48.1 Å². The van der Waals surface area contributed by atoms with Gasteiger partial charge >= 0.3 is 6.18 Å². The van der Waals surface area contributed by atoms with Crippen molar-refractivity contribution in [1.29, 1.82) is 0 Å². The quantitative estimate of drug-likeness (QED) is 0.359. The average molecular weight is 520 g/mol. The van der Waals surface area contributed by atoms with Gasteiger partial charge < -0.3 is 10.6 Å². The third-order valence-electron chi connectivity index (χ3n) is 6.20. The number of carbonyl (C=O) groups is 1. The van der Waals surface area contributed by atoms with Crippen LogP contribution in [0.2, 0.25) is 10.0 Å². The number of alkyl halides is 3. The van der Waals surface area contributed by atoms with Crippen molar-refractivity contribution in [1.82, 2.24) is 9.80 Å². The summed E-state index contributed by atoms with van der Waals surface area (Å²) in [5.74, 6) is -1.38. The van der Waals surface area contributed by atoms with Crippen LogP contribution in [0.5, 0.6) is 0 Å². The number of carbonyl (C=O) groups excluding carboxylic acids is 1. The van der Waals surface area contributed by atoms with Crippen molar-refractivity contribution in [3.05, 3.63) is 69.0 Å². The normalized spacial score (nSPS) is 18.7. The molecular weight excluding hydrogens is 493 g/mol. The van der Waals surface area contributed by atoms with Gasteiger partial charge in [0.1, 0.15) is 5.82 Å². The Morgan fingerprint density at radius 2 is 1.85 bits per heavy atom. The summed E-state index contributed by atoms with van der Waals surface area (Å²) in [4.78, 5) is 16.5. The topological polar surface area (TPSA) is 49.6 Å². The number of halogens is 6. The summed E-state index contributed by atoms with van der Waals surface area (Å²) >= 11 is 12.3. The summed E-state index contributed by atoms with van der Waals surface area (Å²) < 4.78 is 52.8. The molecule has 2 aromatic rings. The van der Waals surface area contributed by atoms with Gasteiger partial charge in [0.2, 0.25) is 5.91 Å². The first-order valence-corrected chi connectivity index (χ1v) is 11.8. The van der Waals surface area contributed by atoms with E-state index < -0.39 is 17.6 Å². The Morgan fingerprint density at radius 1 is 1.12 bits per heavy atom. The van der Waals surface area contributed by atoms with Gasteiger partial charge in [-0.3, -0.25) is 9.69 Å². The van der Waals surface area contributed by atoms with Gasteiger partial charge in [0.15, 0.2) is 0 Å². The number of nitrogens with zero attached hydrogens (tertiary/aromatic N) is 2. The number of nitrogens with two attached hydrogens (primary N) is 1. The van der Waals surface area contributed by atoms with Crippen LogP contribution in [-0.4, -0.2) is 48.4 Å². The van der Waals surface area contributed by atoms with Crippen molar-refractivity contribution < 1.29 is 22.4 Å². The molecule has 0 radical (unpaired) electrons. The second kappa shape index (κ2) is 11.2. The lowest BCUT2D eigenvalue weighted by Gasteiger charge is -2.29. The number of hydrogen-bond donors (Lipinski definition) is 1. The predicted octanol–water partition coefficient (Wildman–Crippen LogP) is 5.71. The van der Waals surface area contributed by atoms with Crippen LogP contribution >= 0.6 is 23.2 Å². The SMILES string of the molecule is CN(Cc1ccc(C(F)(F)F)c(F)c1)C1CN(C(=O)CCCCN)C[C@@H]1c1ccc(Cl)c(Cl)c1. The van der Waals surface area contributed by atoms with Crippen LogP contribution in [0.25, 0.3) is 0 Å². The molecule has 1 amide bonds. The molecule has 3 rings (SSSR count). The molecule has 0 aliphatic carbocycles. The monoisotopic (exact) mass is 519 g/mol. The van der Waals surface area contributed by atoms with E-state index >= 15 is 0 Å². The standard InChI is InChI=1S/C24H27Cl2F4N3O/c1-32(12-15-5-7-18(21(27)10-15)24(28,29)30)22-14-33(23(34)4-2-3-9-31)13-17(22)16-6-8-19(25)20(26)11-16/h5-8,10-11,17,22H,2-4,9,12-14,31H2,1H3/t17-,22?/m1/s1. The van der Waals surface area contributed by atoms with Crippen LogP contribution in [0, 0.1) is 5.82 Å². The Bertz CT molecular complexity index is 1020. The fourth-order valence-corrected chi connectivity index (χ4v) is 4.68. The average Bonchev–Trinajstić information content (AvgIpc) is 3.21. The van der Waals surface area contributed by atoms with Crippen LogP contribution < -0.4 is 5.73 Å². The third kappa shape index (κ3) is 6.42. The number of hydrogen-bond acceptors (Lipinski definition) is 3. The molecule has 0 aromatic heterocycles. The minimum Gasteiger partial charge on any atom is -0.340 e. The molecule has 34 heavy (non-hydrogen) atoms. The summed E-state index contributed by atoms with van der Waals surface area (Å²) in [7, 11) is 1.81. The van der Waals surface area contributed by atoms with Crippen molar-refractivity contribution in [2.75, 3.05) is 26.7 Å². The molecule has 2 atom stereocenters. The van der Waals surface area contributed by atoms with Gasteiger partial charge in [-0.25, -0.2) is 4.39 Å². The molecule has 2 N–H and O–H groups in total. The van der Waals surface area contributed by atoms with Crippen LogP contribution in [0.15, 0.2) is 36.4 Å². The number of amides is 1. The van der Waals surface area contributed by atoms with Crippen LogP contribution in [-0.2, 0) is 17.5 Å². The predicted molar refractivity (Wildman–Crippen MR) is 125 cm³/mol. The molecule has 1 fully saturated rings. The van der Waals surface area contributed by atoms with Gasteiger partial charge in [-0.1, -0.05) is 35.3 Å². The van der Waals surface area contributed by atoms with Crippen molar-refractivity contribution in [2.45, 2.75) is 43.9 Å². The highest BCUT2D eigenvalue weighted by atomic mass is 35.5. The molecule has 0 bridgehead atoms. The highest BCUT2D eigenvalue weighted by Gasteiger charge is 2.39. The van der Waals surface area contributed by atoms with Crippen LogP contribution in [0.3, 0.4) is 0 Å². The van der Waals surface area contributed by atoms with E-state index in [2.05, 4.69) is 0 Å². The number of rotatable bonds is 8. The van der Waals surface area contributed by atoms with Crippen LogP contribution in [0.1, 0.15) is 41.9 Å². The molecule has 186 valence electrons. The fourth-order valence-electron chi connectivity index (χ4n) is 4.38. The molecule has 2 aromatic carbocycles. The first kappa shape index (κ1) is 26.7. The Labute approximate surface area is 206 Å². The molecule has 1 aliphatic heterocycles. The maximum atomic E-state index is 14.1. The van der Waals surface area contributed by atoms with Gasteiger partial charge in [-0.05, 0) is 61.8 Å². The molecule has 10 heteroatoms. The highest BCUT2D eigenvalue weighted by Crippen LogP contribution is 2.36. The number of unbranched alkanes of at least 4 members (excludes halogenated alkanes) is 1. The first-order chi connectivity index (χ1) is 16.0. The Kier molecular flexibility index (Phi) is 8.84. The van der Waals surface area contributed by atoms with Crippen molar-refractivity contribution in [3.8, 4) is 0 Å². The Balaban J connectivity index is 1.82. The van der Waals surface area contributed by atoms with Gasteiger partial charge in [-0.2, -0.15) is 13.2 Å². The number of benzene rings is 2.